The van der Waals surface area contributed by atoms with Crippen LogP contribution in [0.2, 0.25) is 0 Å². The maximum Gasteiger partial charge on any atom is 0.275 e. The van der Waals surface area contributed by atoms with Crippen LogP contribution in [-0.2, 0) is 43.2 Å². The lowest BCUT2D eigenvalue weighted by Crippen LogP contribution is -2.60. The Labute approximate surface area is 350 Å². The highest BCUT2D eigenvalue weighted by Gasteiger charge is 2.34. The third-order valence-corrected chi connectivity index (χ3v) is 10.9. The fourth-order valence-corrected chi connectivity index (χ4v) is 7.30. The molecule has 6 amide bonds. The zero-order valence-corrected chi connectivity index (χ0v) is 35.7. The molecular formula is C44H59N9O7. The molecule has 0 radical (unpaired) electrons. The van der Waals surface area contributed by atoms with Crippen molar-refractivity contribution in [2.45, 2.75) is 104 Å². The number of ether oxygens (including phenoxy) is 1. The Kier molecular flexibility index (Phi) is 15.1. The first-order chi connectivity index (χ1) is 28.6. The number of aryl methyl sites for hydroxylation is 1. The van der Waals surface area contributed by atoms with Gasteiger partial charge < -0.3 is 41.2 Å². The molecule has 0 aliphatic carbocycles. The lowest BCUT2D eigenvalue weighted by atomic mass is 9.99. The minimum absolute atomic E-state index is 0.0505. The fourth-order valence-electron chi connectivity index (χ4n) is 7.30. The Balaban J connectivity index is 1.56. The number of amides is 6. The molecule has 0 bridgehead atoms. The Morgan fingerprint density at radius 2 is 1.48 bits per heavy atom. The number of methoxy groups -OCH3 is 1. The Morgan fingerprint density at radius 3 is 2.13 bits per heavy atom. The highest BCUT2D eigenvalue weighted by atomic mass is 16.5. The standard InChI is InChI=1S/C44H59N9O7/c1-9-32-26(6)39(52-51-32)44(59)53-22-37(25(4)5)50-40(55)27(7)46-41(56)35(19-28-14-16-30(60-8)17-15-28)49-42(57)34(18-24(2)3)48-43(58)36(47-38(54)23-53)20-29-21-45-33-13-11-10-12-31(29)33/h10-17,21,24-25,27,34-37,45H,9,18-20,22-23H2,1-8H3,(H,46,56)(H,47,54)(H,48,58)(H,49,57)(H,50,55)(H,51,52)/t27-,34+,35+,36-,37-/m1/s1. The van der Waals surface area contributed by atoms with E-state index in [1.54, 1.807) is 44.5 Å². The summed E-state index contributed by atoms with van der Waals surface area (Å²) in [5, 5.41) is 22.4. The van der Waals surface area contributed by atoms with Crippen LogP contribution < -0.4 is 31.3 Å². The fraction of sp³-hybridized carbons (Fsp3) is 0.477. The molecule has 1 aliphatic heterocycles. The van der Waals surface area contributed by atoms with E-state index in [1.807, 2.05) is 58.9 Å². The number of aromatic amines is 2. The number of aromatic nitrogens is 3. The Hall–Kier alpha value is -6.19. The Bertz CT molecular complexity index is 2160. The maximum atomic E-state index is 14.4. The predicted molar refractivity (Wildman–Crippen MR) is 227 cm³/mol. The van der Waals surface area contributed by atoms with E-state index in [0.29, 0.717) is 23.3 Å². The summed E-state index contributed by atoms with van der Waals surface area (Å²) in [7, 11) is 1.54. The van der Waals surface area contributed by atoms with Crippen LogP contribution in [0.3, 0.4) is 0 Å². The summed E-state index contributed by atoms with van der Waals surface area (Å²) < 4.78 is 5.29. The first-order valence-electron chi connectivity index (χ1n) is 20.6. The van der Waals surface area contributed by atoms with Gasteiger partial charge in [0.2, 0.25) is 29.5 Å². The lowest BCUT2D eigenvalue weighted by Gasteiger charge is -2.32. The summed E-state index contributed by atoms with van der Waals surface area (Å²) in [5.41, 5.74) is 3.84. The van der Waals surface area contributed by atoms with Gasteiger partial charge in [0.25, 0.3) is 5.91 Å². The molecule has 1 fully saturated rings. The topological polar surface area (TPSA) is 220 Å². The van der Waals surface area contributed by atoms with Gasteiger partial charge in [-0.2, -0.15) is 5.10 Å². The van der Waals surface area contributed by atoms with Crippen molar-refractivity contribution in [2.75, 3.05) is 20.2 Å². The number of carbonyl (C=O) groups excluding carboxylic acids is 6. The van der Waals surface area contributed by atoms with E-state index in [4.69, 9.17) is 4.74 Å². The van der Waals surface area contributed by atoms with Gasteiger partial charge in [-0.1, -0.05) is 65.0 Å². The predicted octanol–water partition coefficient (Wildman–Crippen LogP) is 2.86. The zero-order chi connectivity index (χ0) is 43.7. The molecule has 2 aromatic heterocycles. The van der Waals surface area contributed by atoms with Crippen molar-refractivity contribution in [3.8, 4) is 5.75 Å². The highest BCUT2D eigenvalue weighted by Crippen LogP contribution is 2.21. The number of benzene rings is 2. The zero-order valence-electron chi connectivity index (χ0n) is 35.7. The number of H-pyrrole nitrogens is 2. The van der Waals surface area contributed by atoms with Gasteiger partial charge >= 0.3 is 0 Å². The van der Waals surface area contributed by atoms with E-state index in [9.17, 15) is 28.8 Å². The van der Waals surface area contributed by atoms with Crippen molar-refractivity contribution in [3.05, 3.63) is 82.8 Å². The molecule has 3 heterocycles. The molecule has 0 unspecified atom stereocenters. The molecule has 60 heavy (non-hydrogen) atoms. The smallest absolute Gasteiger partial charge is 0.275 e. The van der Waals surface area contributed by atoms with Crippen molar-refractivity contribution < 1.29 is 33.5 Å². The average molecular weight is 826 g/mol. The van der Waals surface area contributed by atoms with Gasteiger partial charge in [-0.15, -0.1) is 0 Å². The number of hydrogen-bond acceptors (Lipinski definition) is 8. The molecule has 0 spiro atoms. The van der Waals surface area contributed by atoms with Crippen molar-refractivity contribution >= 4 is 46.3 Å². The lowest BCUT2D eigenvalue weighted by molar-refractivity contribution is -0.135. The van der Waals surface area contributed by atoms with Gasteiger partial charge in [-0.25, -0.2) is 0 Å². The summed E-state index contributed by atoms with van der Waals surface area (Å²) in [6.07, 6.45) is 2.70. The maximum absolute atomic E-state index is 14.4. The van der Waals surface area contributed by atoms with E-state index in [-0.39, 0.29) is 43.3 Å². The molecule has 5 atom stereocenters. The number of rotatable bonds is 10. The number of para-hydroxylation sites is 1. The van der Waals surface area contributed by atoms with Crippen molar-refractivity contribution in [1.82, 2.24) is 46.7 Å². The molecule has 16 heteroatoms. The van der Waals surface area contributed by atoms with Crippen molar-refractivity contribution in [3.63, 3.8) is 0 Å². The Morgan fingerprint density at radius 1 is 0.833 bits per heavy atom. The van der Waals surface area contributed by atoms with Gasteiger partial charge in [-0.05, 0) is 67.9 Å². The van der Waals surface area contributed by atoms with Crippen LogP contribution in [-0.4, -0.2) is 106 Å². The molecule has 1 aliphatic rings. The molecule has 322 valence electrons. The molecule has 0 saturated carbocycles. The van der Waals surface area contributed by atoms with Gasteiger partial charge in [-0.3, -0.25) is 33.9 Å². The summed E-state index contributed by atoms with van der Waals surface area (Å²) in [6, 6.07) is 9.44. The van der Waals surface area contributed by atoms with Crippen molar-refractivity contribution in [2.24, 2.45) is 11.8 Å². The minimum atomic E-state index is -1.19. The van der Waals surface area contributed by atoms with E-state index >= 15 is 0 Å². The summed E-state index contributed by atoms with van der Waals surface area (Å²) >= 11 is 0. The molecular weight excluding hydrogens is 767 g/mol. The number of nitrogens with zero attached hydrogens (tertiary/aromatic N) is 2. The quantitative estimate of drug-likeness (QED) is 0.126. The largest absolute Gasteiger partial charge is 0.497 e. The second-order valence-electron chi connectivity index (χ2n) is 16.3. The molecule has 5 rings (SSSR count). The second-order valence-corrected chi connectivity index (χ2v) is 16.3. The minimum Gasteiger partial charge on any atom is -0.497 e. The third kappa shape index (κ3) is 11.3. The van der Waals surface area contributed by atoms with Crippen LogP contribution in [0.15, 0.2) is 54.7 Å². The molecule has 2 aromatic carbocycles. The van der Waals surface area contributed by atoms with E-state index in [2.05, 4.69) is 41.8 Å². The first kappa shape index (κ1) is 44.9. The van der Waals surface area contributed by atoms with Crippen LogP contribution in [0.4, 0.5) is 0 Å². The summed E-state index contributed by atoms with van der Waals surface area (Å²) in [4.78, 5) is 89.5. The van der Waals surface area contributed by atoms with Crippen LogP contribution >= 0.6 is 0 Å². The number of fused-ring (bicyclic) bond motifs is 1. The number of nitrogens with one attached hydrogen (secondary N) is 7. The molecule has 7 N–H and O–H groups in total. The van der Waals surface area contributed by atoms with E-state index < -0.39 is 72.2 Å². The highest BCUT2D eigenvalue weighted by molar-refractivity contribution is 5.98. The van der Waals surface area contributed by atoms with Crippen LogP contribution in [0.5, 0.6) is 5.75 Å². The summed E-state index contributed by atoms with van der Waals surface area (Å²) in [6.45, 7) is 12.2. The van der Waals surface area contributed by atoms with Crippen molar-refractivity contribution in [1.29, 1.82) is 0 Å². The number of carbonyl (C=O) groups is 6. The molecule has 1 saturated heterocycles. The normalized spacial score (nSPS) is 21.5. The number of hydrogen-bond donors (Lipinski definition) is 7. The van der Waals surface area contributed by atoms with Crippen LogP contribution in [0, 0.1) is 18.8 Å². The molecule has 16 nitrogen and oxygen atoms in total. The first-order valence-corrected chi connectivity index (χ1v) is 20.6. The monoisotopic (exact) mass is 825 g/mol. The van der Waals surface area contributed by atoms with E-state index in [1.165, 1.54) is 11.8 Å². The summed E-state index contributed by atoms with van der Waals surface area (Å²) in [5.74, 6) is -3.23. The third-order valence-electron chi connectivity index (χ3n) is 10.9. The van der Waals surface area contributed by atoms with Crippen LogP contribution in [0.1, 0.15) is 80.8 Å². The van der Waals surface area contributed by atoms with E-state index in [0.717, 1.165) is 22.2 Å². The molecule has 4 aromatic rings. The second kappa shape index (κ2) is 20.2. The van der Waals surface area contributed by atoms with Gasteiger partial charge in [0, 0.05) is 53.8 Å². The SMILES string of the molecule is CCc1[nH]nc(C(=O)N2CC(=O)N[C@H](Cc3c[nH]c4ccccc34)C(=O)N[C@@H](CC(C)C)C(=O)N[C@@H](Cc3ccc(OC)cc3)C(=O)N[C@H](C)C(=O)N[C@@H](C(C)C)C2)c1C. The van der Waals surface area contributed by atoms with Gasteiger partial charge in [0.15, 0.2) is 5.69 Å². The van der Waals surface area contributed by atoms with Crippen LogP contribution in [0.25, 0.3) is 10.9 Å². The van der Waals surface area contributed by atoms with Gasteiger partial charge in [0.05, 0.1) is 13.7 Å². The average Bonchev–Trinajstić information content (AvgIpc) is 3.80. The van der Waals surface area contributed by atoms with Gasteiger partial charge in [0.1, 0.15) is 29.9 Å².